The Labute approximate surface area is 127 Å². The lowest BCUT2D eigenvalue weighted by Gasteiger charge is -2.34. The Bertz CT molecular complexity index is 539. The highest BCUT2D eigenvalue weighted by Gasteiger charge is 2.58. The molecule has 0 heterocycles. The second-order valence-electron chi connectivity index (χ2n) is 6.38. The largest absolute Gasteiger partial charge is 0.323 e. The zero-order valence-corrected chi connectivity index (χ0v) is 12.8. The van der Waals surface area contributed by atoms with Gasteiger partial charge < -0.3 is 5.73 Å². The van der Waals surface area contributed by atoms with E-state index in [4.69, 9.17) is 28.9 Å². The monoisotopic (exact) mass is 319 g/mol. The van der Waals surface area contributed by atoms with Crippen molar-refractivity contribution in [3.05, 3.63) is 33.1 Å². The van der Waals surface area contributed by atoms with Crippen LogP contribution in [0, 0.1) is 18.2 Å². The molecule has 2 saturated carbocycles. The maximum Gasteiger partial charge on any atom is 0.132 e. The zero-order chi connectivity index (χ0) is 14.7. The van der Waals surface area contributed by atoms with E-state index in [1.54, 1.807) is 6.92 Å². The summed E-state index contributed by atoms with van der Waals surface area (Å²) >= 11 is 12.2. The summed E-state index contributed by atoms with van der Waals surface area (Å²) in [6, 6.07) is 0.892. The predicted molar refractivity (Wildman–Crippen MR) is 77.4 cm³/mol. The van der Waals surface area contributed by atoms with Crippen molar-refractivity contribution in [2.45, 2.75) is 50.7 Å². The molecule has 20 heavy (non-hydrogen) atoms. The van der Waals surface area contributed by atoms with Crippen molar-refractivity contribution >= 4 is 23.2 Å². The van der Waals surface area contributed by atoms with Gasteiger partial charge in [-0.25, -0.2) is 8.78 Å². The fourth-order valence-corrected chi connectivity index (χ4v) is 4.46. The van der Waals surface area contributed by atoms with Crippen molar-refractivity contribution in [2.24, 2.45) is 11.1 Å². The van der Waals surface area contributed by atoms with E-state index in [0.29, 0.717) is 42.7 Å². The quantitative estimate of drug-likeness (QED) is 0.753. The number of hydrogen-bond acceptors (Lipinski definition) is 1. The Hall–Kier alpha value is -0.380. The average molecular weight is 320 g/mol. The smallest absolute Gasteiger partial charge is 0.132 e. The third kappa shape index (κ3) is 1.98. The van der Waals surface area contributed by atoms with Crippen LogP contribution in [0.2, 0.25) is 10.0 Å². The van der Waals surface area contributed by atoms with Crippen LogP contribution >= 0.6 is 23.2 Å². The molecule has 2 fully saturated rings. The Morgan fingerprint density at radius 2 is 1.85 bits per heavy atom. The molecule has 1 aromatic carbocycles. The van der Waals surface area contributed by atoms with Gasteiger partial charge in [-0.2, -0.15) is 0 Å². The third-order valence-corrected chi connectivity index (χ3v) is 5.96. The van der Waals surface area contributed by atoms with Gasteiger partial charge in [-0.15, -0.1) is 0 Å². The molecule has 2 aliphatic rings. The van der Waals surface area contributed by atoms with Crippen LogP contribution in [0.5, 0.6) is 0 Å². The summed E-state index contributed by atoms with van der Waals surface area (Å²) < 4.78 is 28.8. The summed E-state index contributed by atoms with van der Waals surface area (Å²) in [5.41, 5.74) is 5.50. The predicted octanol–water partition coefficient (Wildman–Crippen LogP) is 5.11. The number of fused-ring (bicyclic) bond motifs is 2. The van der Waals surface area contributed by atoms with Gasteiger partial charge in [-0.3, -0.25) is 0 Å². The molecule has 110 valence electrons. The van der Waals surface area contributed by atoms with Gasteiger partial charge in [-0.05, 0) is 56.1 Å². The molecule has 0 aliphatic heterocycles. The summed E-state index contributed by atoms with van der Waals surface area (Å²) in [5.74, 6) is -0.412. The first-order chi connectivity index (χ1) is 9.28. The van der Waals surface area contributed by atoms with Crippen molar-refractivity contribution in [2.75, 3.05) is 0 Å². The SMILES string of the molecule is Cc1cc(Cl)c(Cl)c([C@@H](N)C23CCC(F)(CC2)C3)c1F. The Morgan fingerprint density at radius 1 is 1.25 bits per heavy atom. The molecular formula is C15H17Cl2F2N. The third-order valence-electron chi connectivity index (χ3n) is 5.15. The van der Waals surface area contributed by atoms with E-state index in [9.17, 15) is 8.78 Å². The molecule has 1 aromatic rings. The molecule has 0 spiro atoms. The molecule has 0 radical (unpaired) electrons. The maximum atomic E-state index is 14.4. The van der Waals surface area contributed by atoms with Crippen LogP contribution in [0.1, 0.15) is 49.3 Å². The van der Waals surface area contributed by atoms with E-state index in [2.05, 4.69) is 0 Å². The minimum atomic E-state index is -1.12. The van der Waals surface area contributed by atoms with Crippen LogP contribution in [0.15, 0.2) is 6.07 Å². The van der Waals surface area contributed by atoms with Crippen molar-refractivity contribution < 1.29 is 8.78 Å². The number of nitrogens with two attached hydrogens (primary N) is 1. The minimum absolute atomic E-state index is 0.167. The van der Waals surface area contributed by atoms with Crippen molar-refractivity contribution in [1.82, 2.24) is 0 Å². The molecule has 0 saturated heterocycles. The van der Waals surface area contributed by atoms with Crippen molar-refractivity contribution in [1.29, 1.82) is 0 Å². The standard InChI is InChI=1S/C15H17Cl2F2N/c1-8-6-9(16)11(17)10(12(8)18)13(20)14-2-4-15(19,7-14)5-3-14/h6,13H,2-5,7,20H2,1H3/t13-,14?,15?/m1/s1. The van der Waals surface area contributed by atoms with E-state index in [-0.39, 0.29) is 16.0 Å². The van der Waals surface area contributed by atoms with Crippen molar-refractivity contribution in [3.63, 3.8) is 0 Å². The summed E-state index contributed by atoms with van der Waals surface area (Å²) in [5, 5.41) is 0.467. The molecule has 2 bridgehead atoms. The van der Waals surface area contributed by atoms with Crippen LogP contribution in [0.3, 0.4) is 0 Å². The molecular weight excluding hydrogens is 303 g/mol. The second kappa shape index (κ2) is 4.56. The average Bonchev–Trinajstić information content (AvgIpc) is 2.91. The van der Waals surface area contributed by atoms with Crippen LogP contribution in [-0.2, 0) is 0 Å². The highest BCUT2D eigenvalue weighted by molar-refractivity contribution is 6.42. The number of benzene rings is 1. The zero-order valence-electron chi connectivity index (χ0n) is 11.3. The van der Waals surface area contributed by atoms with Crippen LogP contribution in [-0.4, -0.2) is 5.67 Å². The summed E-state index contributed by atoms with van der Waals surface area (Å²) in [6.07, 6.45) is 2.81. The normalized spacial score (nSPS) is 33.7. The summed E-state index contributed by atoms with van der Waals surface area (Å²) in [7, 11) is 0. The first-order valence-electron chi connectivity index (χ1n) is 6.87. The van der Waals surface area contributed by atoms with Gasteiger partial charge in [0.15, 0.2) is 0 Å². The van der Waals surface area contributed by atoms with E-state index in [1.807, 2.05) is 0 Å². The molecule has 1 nitrogen and oxygen atoms in total. The lowest BCUT2D eigenvalue weighted by molar-refractivity contribution is 0.175. The summed E-state index contributed by atoms with van der Waals surface area (Å²) in [4.78, 5) is 0. The first kappa shape index (κ1) is 14.6. The van der Waals surface area contributed by atoms with E-state index >= 15 is 0 Å². The van der Waals surface area contributed by atoms with Gasteiger partial charge in [0, 0.05) is 11.6 Å². The molecule has 2 N–H and O–H groups in total. The number of hydrogen-bond donors (Lipinski definition) is 1. The number of halogens is 4. The molecule has 3 rings (SSSR count). The number of alkyl halides is 1. The van der Waals surface area contributed by atoms with Crippen molar-refractivity contribution in [3.8, 4) is 0 Å². The van der Waals surface area contributed by atoms with Crippen LogP contribution in [0.4, 0.5) is 8.78 Å². The highest BCUT2D eigenvalue weighted by Crippen LogP contribution is 2.63. The fourth-order valence-electron chi connectivity index (χ4n) is 3.93. The van der Waals surface area contributed by atoms with E-state index in [1.165, 1.54) is 6.07 Å². The van der Waals surface area contributed by atoms with Gasteiger partial charge in [0.2, 0.25) is 0 Å². The molecule has 1 atom stereocenters. The highest BCUT2D eigenvalue weighted by atomic mass is 35.5. The first-order valence-corrected chi connectivity index (χ1v) is 7.62. The molecule has 2 aliphatic carbocycles. The number of aryl methyl sites for hydroxylation is 1. The second-order valence-corrected chi connectivity index (χ2v) is 7.17. The lowest BCUT2D eigenvalue weighted by Crippen LogP contribution is -2.32. The van der Waals surface area contributed by atoms with Gasteiger partial charge in [-0.1, -0.05) is 23.2 Å². The minimum Gasteiger partial charge on any atom is -0.323 e. The van der Waals surface area contributed by atoms with Gasteiger partial charge in [0.1, 0.15) is 11.5 Å². The lowest BCUT2D eigenvalue weighted by atomic mass is 9.74. The van der Waals surface area contributed by atoms with Gasteiger partial charge in [0.25, 0.3) is 0 Å². The Kier molecular flexibility index (Phi) is 3.32. The maximum absolute atomic E-state index is 14.4. The fraction of sp³-hybridized carbons (Fsp3) is 0.600. The summed E-state index contributed by atoms with van der Waals surface area (Å²) in [6.45, 7) is 1.63. The van der Waals surface area contributed by atoms with Crippen LogP contribution in [0.25, 0.3) is 0 Å². The number of rotatable bonds is 2. The van der Waals surface area contributed by atoms with E-state index in [0.717, 1.165) is 0 Å². The van der Waals surface area contributed by atoms with Gasteiger partial charge in [0.05, 0.1) is 10.0 Å². The topological polar surface area (TPSA) is 26.0 Å². The molecule has 0 amide bonds. The Balaban J connectivity index is 2.06. The van der Waals surface area contributed by atoms with E-state index < -0.39 is 17.5 Å². The molecule has 5 heteroatoms. The molecule has 0 unspecified atom stereocenters. The Morgan fingerprint density at radius 3 is 2.35 bits per heavy atom. The van der Waals surface area contributed by atoms with Crippen LogP contribution < -0.4 is 5.73 Å². The van der Waals surface area contributed by atoms with Gasteiger partial charge >= 0.3 is 0 Å². The molecule has 0 aromatic heterocycles.